The van der Waals surface area contributed by atoms with Crippen molar-refractivity contribution in [3.63, 3.8) is 0 Å². The number of benzene rings is 8. The molecule has 4 heteroatoms. The van der Waals surface area contributed by atoms with Gasteiger partial charge in [0.1, 0.15) is 5.52 Å². The Bertz CT molecular complexity index is 2840. The second-order valence-corrected chi connectivity index (χ2v) is 13.0. The van der Waals surface area contributed by atoms with Gasteiger partial charge in [-0.1, -0.05) is 140 Å². The predicted molar refractivity (Wildman–Crippen MR) is 217 cm³/mol. The van der Waals surface area contributed by atoms with Crippen molar-refractivity contribution < 1.29 is 0 Å². The van der Waals surface area contributed by atoms with Crippen LogP contribution in [0.15, 0.2) is 194 Å². The number of hydrogen-bond donors (Lipinski definition) is 0. The highest BCUT2D eigenvalue weighted by molar-refractivity contribution is 6.22. The van der Waals surface area contributed by atoms with Crippen molar-refractivity contribution in [1.29, 1.82) is 0 Å². The van der Waals surface area contributed by atoms with Gasteiger partial charge in [-0.15, -0.1) is 0 Å². The third-order valence-corrected chi connectivity index (χ3v) is 9.94. The zero-order valence-corrected chi connectivity index (χ0v) is 28.3. The number of rotatable bonds is 6. The lowest BCUT2D eigenvalue weighted by Crippen LogP contribution is -2.09. The Morgan fingerprint density at radius 2 is 1.00 bits per heavy atom. The fourth-order valence-electron chi connectivity index (χ4n) is 7.61. The van der Waals surface area contributed by atoms with Gasteiger partial charge in [0.25, 0.3) is 0 Å². The first-order valence-corrected chi connectivity index (χ1v) is 17.6. The average Bonchev–Trinajstić information content (AvgIpc) is 3.55. The maximum absolute atomic E-state index is 5.51. The Labute approximate surface area is 301 Å². The van der Waals surface area contributed by atoms with Gasteiger partial charge < -0.3 is 9.47 Å². The van der Waals surface area contributed by atoms with E-state index in [2.05, 4.69) is 191 Å². The quantitative estimate of drug-likeness (QED) is 0.177. The van der Waals surface area contributed by atoms with Crippen molar-refractivity contribution >= 4 is 60.7 Å². The molecule has 0 N–H and O–H groups in total. The monoisotopic (exact) mass is 664 g/mol. The molecule has 10 rings (SSSR count). The van der Waals surface area contributed by atoms with Gasteiger partial charge in [-0.2, -0.15) is 0 Å². The molecule has 0 saturated heterocycles. The summed E-state index contributed by atoms with van der Waals surface area (Å²) in [7, 11) is 0. The van der Waals surface area contributed by atoms with E-state index in [1.165, 1.54) is 21.5 Å². The highest BCUT2D eigenvalue weighted by atomic mass is 15.1. The first-order chi connectivity index (χ1) is 25.8. The number of aromatic nitrogens is 3. The second-order valence-electron chi connectivity index (χ2n) is 13.0. The van der Waals surface area contributed by atoms with Crippen molar-refractivity contribution in [2.45, 2.75) is 0 Å². The molecule has 0 atom stereocenters. The first kappa shape index (κ1) is 29.8. The molecular formula is C48H32N4. The van der Waals surface area contributed by atoms with Crippen LogP contribution >= 0.6 is 0 Å². The SMILES string of the molecule is c1ccc(-c2nc3cccc(-n4c5cc(N(c6ccccc6)c6ccccc6)ccc5c5c6ccccc6ccc54)c3nc2-c2ccccc2)cc1. The Kier molecular flexibility index (Phi) is 7.10. The zero-order valence-electron chi connectivity index (χ0n) is 28.3. The van der Waals surface area contributed by atoms with Crippen LogP contribution < -0.4 is 4.90 Å². The van der Waals surface area contributed by atoms with Crippen LogP contribution in [0, 0.1) is 0 Å². The summed E-state index contributed by atoms with van der Waals surface area (Å²) in [6, 6.07) is 68.3. The minimum Gasteiger partial charge on any atom is -0.310 e. The van der Waals surface area contributed by atoms with E-state index in [0.29, 0.717) is 0 Å². The predicted octanol–water partition coefficient (Wildman–Crippen LogP) is 12.7. The molecule has 2 aromatic heterocycles. The summed E-state index contributed by atoms with van der Waals surface area (Å²) in [6.45, 7) is 0. The number of para-hydroxylation sites is 3. The summed E-state index contributed by atoms with van der Waals surface area (Å²) in [5, 5.41) is 4.84. The summed E-state index contributed by atoms with van der Waals surface area (Å²) < 4.78 is 2.39. The highest BCUT2D eigenvalue weighted by Gasteiger charge is 2.21. The molecule has 0 aliphatic heterocycles. The number of hydrogen-bond acceptors (Lipinski definition) is 3. The molecule has 8 aromatic carbocycles. The lowest BCUT2D eigenvalue weighted by molar-refractivity contribution is 1.17. The normalized spacial score (nSPS) is 11.5. The highest BCUT2D eigenvalue weighted by Crippen LogP contribution is 2.42. The number of anilines is 3. The lowest BCUT2D eigenvalue weighted by Gasteiger charge is -2.25. The van der Waals surface area contributed by atoms with Crippen LogP contribution in [0.25, 0.3) is 71.8 Å². The van der Waals surface area contributed by atoms with Gasteiger partial charge in [0.15, 0.2) is 0 Å². The van der Waals surface area contributed by atoms with E-state index in [9.17, 15) is 0 Å². The number of fused-ring (bicyclic) bond motifs is 6. The van der Waals surface area contributed by atoms with Crippen LogP contribution in [-0.2, 0) is 0 Å². The maximum atomic E-state index is 5.51. The van der Waals surface area contributed by atoms with E-state index < -0.39 is 0 Å². The molecule has 0 fully saturated rings. The van der Waals surface area contributed by atoms with Crippen molar-refractivity contribution in [3.8, 4) is 28.2 Å². The van der Waals surface area contributed by atoms with Crippen molar-refractivity contribution in [3.05, 3.63) is 194 Å². The van der Waals surface area contributed by atoms with Gasteiger partial charge in [0, 0.05) is 39.0 Å². The molecule has 0 aliphatic rings. The molecule has 0 spiro atoms. The largest absolute Gasteiger partial charge is 0.310 e. The smallest absolute Gasteiger partial charge is 0.113 e. The zero-order chi connectivity index (χ0) is 34.4. The summed E-state index contributed by atoms with van der Waals surface area (Å²) in [4.78, 5) is 13.2. The van der Waals surface area contributed by atoms with Crippen molar-refractivity contribution in [1.82, 2.24) is 14.5 Å². The Morgan fingerprint density at radius 3 is 1.67 bits per heavy atom. The standard InChI is InChI=1S/C48H32N4/c1-5-17-34(18-6-1)46-47(35-19-7-2-8-20-35)50-48-41(49-46)26-15-27-43(48)52-42-31-28-33-16-13-14-25-39(33)45(42)40-30-29-38(32-44(40)52)51(36-21-9-3-10-22-36)37-23-11-4-12-24-37/h1-32H. The molecule has 0 amide bonds. The van der Waals surface area contributed by atoms with E-state index in [-0.39, 0.29) is 0 Å². The summed E-state index contributed by atoms with van der Waals surface area (Å²) >= 11 is 0. The molecule has 0 bridgehead atoms. The molecule has 244 valence electrons. The van der Waals surface area contributed by atoms with Crippen molar-refractivity contribution in [2.75, 3.05) is 4.90 Å². The minimum absolute atomic E-state index is 0.846. The van der Waals surface area contributed by atoms with E-state index in [0.717, 1.165) is 67.3 Å². The van der Waals surface area contributed by atoms with Crippen LogP contribution in [0.2, 0.25) is 0 Å². The molecule has 2 heterocycles. The number of nitrogens with zero attached hydrogens (tertiary/aromatic N) is 4. The lowest BCUT2D eigenvalue weighted by atomic mass is 10.0. The average molecular weight is 665 g/mol. The maximum Gasteiger partial charge on any atom is 0.113 e. The fourth-order valence-corrected chi connectivity index (χ4v) is 7.61. The van der Waals surface area contributed by atoms with E-state index in [1.54, 1.807) is 0 Å². The van der Waals surface area contributed by atoms with Gasteiger partial charge in [-0.05, 0) is 65.4 Å². The molecule has 52 heavy (non-hydrogen) atoms. The third-order valence-electron chi connectivity index (χ3n) is 9.94. The van der Waals surface area contributed by atoms with Gasteiger partial charge in [0.05, 0.1) is 33.6 Å². The molecule has 10 aromatic rings. The second kappa shape index (κ2) is 12.4. The van der Waals surface area contributed by atoms with Crippen LogP contribution in [-0.4, -0.2) is 14.5 Å². The molecule has 0 saturated carbocycles. The van der Waals surface area contributed by atoms with Gasteiger partial charge >= 0.3 is 0 Å². The molecule has 0 aliphatic carbocycles. The van der Waals surface area contributed by atoms with Crippen LogP contribution in [0.1, 0.15) is 0 Å². The van der Waals surface area contributed by atoms with Gasteiger partial charge in [-0.25, -0.2) is 9.97 Å². The Hall–Kier alpha value is -7.04. The molecule has 0 unspecified atom stereocenters. The summed E-state index contributed by atoms with van der Waals surface area (Å²) in [6.07, 6.45) is 0. The van der Waals surface area contributed by atoms with Gasteiger partial charge in [-0.3, -0.25) is 0 Å². The van der Waals surface area contributed by atoms with Crippen LogP contribution in [0.3, 0.4) is 0 Å². The molecule has 4 nitrogen and oxygen atoms in total. The topological polar surface area (TPSA) is 34.0 Å². The fraction of sp³-hybridized carbons (Fsp3) is 0. The van der Waals surface area contributed by atoms with Crippen LogP contribution in [0.5, 0.6) is 0 Å². The van der Waals surface area contributed by atoms with E-state index >= 15 is 0 Å². The summed E-state index contributed by atoms with van der Waals surface area (Å²) in [5.41, 5.74) is 12.0. The third kappa shape index (κ3) is 4.92. The first-order valence-electron chi connectivity index (χ1n) is 17.6. The van der Waals surface area contributed by atoms with E-state index in [4.69, 9.17) is 9.97 Å². The Morgan fingerprint density at radius 1 is 0.404 bits per heavy atom. The van der Waals surface area contributed by atoms with Gasteiger partial charge in [0.2, 0.25) is 0 Å². The van der Waals surface area contributed by atoms with E-state index in [1.807, 2.05) is 12.1 Å². The Balaban J connectivity index is 1.30. The molecule has 0 radical (unpaired) electrons. The van der Waals surface area contributed by atoms with Crippen molar-refractivity contribution in [2.24, 2.45) is 0 Å². The molecular weight excluding hydrogens is 633 g/mol. The summed E-state index contributed by atoms with van der Waals surface area (Å²) in [5.74, 6) is 0. The van der Waals surface area contributed by atoms with Crippen LogP contribution in [0.4, 0.5) is 17.1 Å². The minimum atomic E-state index is 0.846.